The van der Waals surface area contributed by atoms with Gasteiger partial charge in [0.2, 0.25) is 0 Å². The number of rotatable bonds is 6. The van der Waals surface area contributed by atoms with Crippen molar-refractivity contribution in [2.24, 2.45) is 5.92 Å². The van der Waals surface area contributed by atoms with Crippen molar-refractivity contribution in [3.63, 3.8) is 0 Å². The molecule has 190 valence electrons. The number of alkyl halides is 5. The molecule has 1 aromatic heterocycles. The smallest absolute Gasteiger partial charge is 0.417 e. The number of benzene rings is 1. The maximum absolute atomic E-state index is 14.0. The normalized spacial score (nSPS) is 24.3. The first-order valence-corrected chi connectivity index (χ1v) is 10.3. The van der Waals surface area contributed by atoms with Crippen molar-refractivity contribution in [3.8, 4) is 5.75 Å². The molecule has 0 saturated carbocycles. The van der Waals surface area contributed by atoms with Crippen LogP contribution in [0.25, 0.3) is 0 Å². The van der Waals surface area contributed by atoms with Gasteiger partial charge in [-0.25, -0.2) is 4.39 Å². The lowest BCUT2D eigenvalue weighted by atomic mass is 9.77. The van der Waals surface area contributed by atoms with E-state index in [2.05, 4.69) is 20.4 Å². The van der Waals surface area contributed by atoms with Crippen LogP contribution in [0.5, 0.6) is 5.75 Å². The molecule has 2 N–H and O–H groups in total. The molecule has 0 radical (unpaired) electrons. The highest BCUT2D eigenvalue weighted by Crippen LogP contribution is 2.54. The summed E-state index contributed by atoms with van der Waals surface area (Å²) in [5.74, 6) is -6.21. The van der Waals surface area contributed by atoms with E-state index in [1.807, 2.05) is 0 Å². The third-order valence-electron chi connectivity index (χ3n) is 5.96. The summed E-state index contributed by atoms with van der Waals surface area (Å²) in [5.41, 5.74) is -3.15. The molecular weight excluding hydrogens is 484 g/mol. The summed E-state index contributed by atoms with van der Waals surface area (Å²) in [6, 6.07) is 4.93. The molecule has 2 aromatic rings. The number of hydrogen-bond donors (Lipinski definition) is 2. The van der Waals surface area contributed by atoms with Crippen molar-refractivity contribution in [3.05, 3.63) is 53.6 Å². The monoisotopic (exact) mass is 505 g/mol. The Labute approximate surface area is 195 Å². The van der Waals surface area contributed by atoms with Gasteiger partial charge in [-0.2, -0.15) is 22.0 Å². The van der Waals surface area contributed by atoms with Gasteiger partial charge in [-0.15, -0.1) is 0 Å². The molecule has 1 saturated heterocycles. The number of anilines is 1. The Morgan fingerprint density at radius 3 is 2.49 bits per heavy atom. The number of amides is 2. The van der Waals surface area contributed by atoms with Crippen molar-refractivity contribution in [2.45, 2.75) is 44.3 Å². The Hall–Kier alpha value is -3.35. The summed E-state index contributed by atoms with van der Waals surface area (Å²) in [4.78, 5) is 28.7. The van der Waals surface area contributed by atoms with E-state index in [9.17, 15) is 35.9 Å². The van der Waals surface area contributed by atoms with Crippen molar-refractivity contribution < 1.29 is 45.4 Å². The number of nitrogens with one attached hydrogen (secondary N) is 2. The van der Waals surface area contributed by atoms with Gasteiger partial charge in [0, 0.05) is 42.4 Å². The van der Waals surface area contributed by atoms with Gasteiger partial charge in [-0.1, -0.05) is 13.0 Å². The molecule has 35 heavy (non-hydrogen) atoms. The molecule has 13 heteroatoms. The Bertz CT molecular complexity index is 1110. The second-order valence-corrected chi connectivity index (χ2v) is 8.02. The van der Waals surface area contributed by atoms with Crippen LogP contribution in [0, 0.1) is 11.7 Å². The number of aromatic nitrogens is 1. The van der Waals surface area contributed by atoms with Crippen LogP contribution in [0.3, 0.4) is 0 Å². The molecule has 2 heterocycles. The van der Waals surface area contributed by atoms with Crippen LogP contribution >= 0.6 is 0 Å². The van der Waals surface area contributed by atoms with Crippen LogP contribution in [-0.4, -0.2) is 48.3 Å². The Kier molecular flexibility index (Phi) is 7.29. The Balaban J connectivity index is 2.04. The van der Waals surface area contributed by atoms with Crippen LogP contribution in [0.15, 0.2) is 36.5 Å². The summed E-state index contributed by atoms with van der Waals surface area (Å²) in [6.45, 7) is -1.50. The van der Waals surface area contributed by atoms with E-state index in [-0.39, 0.29) is 16.9 Å². The van der Waals surface area contributed by atoms with Crippen LogP contribution in [0.2, 0.25) is 0 Å². The fraction of sp³-hybridized carbons (Fsp3) is 0.409. The molecule has 1 aliphatic heterocycles. The standard InChI is InChI=1S/C22H21F6N3O4/c1-10-16(13-5-4-11(23)8-15(13)34-20(24)25)17(35-21(10,2)22(26,27)28)19(33)31-12-6-7-30-14(9-12)18(32)29-3/h4-10,16-17,20H,1-3H3,(H,29,32)(H,30,31,33)/t10-,16+,17+,21+/m1/s1. The van der Waals surface area contributed by atoms with Crippen LogP contribution in [-0.2, 0) is 9.53 Å². The molecule has 4 atom stereocenters. The fourth-order valence-electron chi connectivity index (χ4n) is 3.98. The van der Waals surface area contributed by atoms with Gasteiger partial charge in [0.15, 0.2) is 5.60 Å². The average Bonchev–Trinajstić information content (AvgIpc) is 3.05. The van der Waals surface area contributed by atoms with E-state index in [1.54, 1.807) is 0 Å². The zero-order chi connectivity index (χ0) is 26.1. The summed E-state index contributed by atoms with van der Waals surface area (Å²) >= 11 is 0. The third-order valence-corrected chi connectivity index (χ3v) is 5.96. The third kappa shape index (κ3) is 5.19. The quantitative estimate of drug-likeness (QED) is 0.573. The van der Waals surface area contributed by atoms with E-state index in [4.69, 9.17) is 4.74 Å². The fourth-order valence-corrected chi connectivity index (χ4v) is 3.98. The zero-order valence-corrected chi connectivity index (χ0v) is 18.6. The summed E-state index contributed by atoms with van der Waals surface area (Å²) in [5, 5.41) is 4.71. The number of nitrogens with zero attached hydrogens (tertiary/aromatic N) is 1. The molecule has 3 rings (SSSR count). The minimum absolute atomic E-state index is 0.0300. The number of hydrogen-bond acceptors (Lipinski definition) is 5. The molecule has 0 unspecified atom stereocenters. The summed E-state index contributed by atoms with van der Waals surface area (Å²) in [6.07, 6.45) is -5.57. The molecule has 1 aliphatic rings. The lowest BCUT2D eigenvalue weighted by Gasteiger charge is -2.32. The summed E-state index contributed by atoms with van der Waals surface area (Å²) < 4.78 is 91.2. The first kappa shape index (κ1) is 26.3. The highest BCUT2D eigenvalue weighted by molar-refractivity contribution is 5.97. The van der Waals surface area contributed by atoms with E-state index < -0.39 is 59.7 Å². The first-order valence-electron chi connectivity index (χ1n) is 10.3. The predicted molar refractivity (Wildman–Crippen MR) is 111 cm³/mol. The van der Waals surface area contributed by atoms with Crippen LogP contribution < -0.4 is 15.4 Å². The highest BCUT2D eigenvalue weighted by Gasteiger charge is 2.65. The van der Waals surface area contributed by atoms with Crippen molar-refractivity contribution in [1.29, 1.82) is 0 Å². The Morgan fingerprint density at radius 1 is 1.20 bits per heavy atom. The topological polar surface area (TPSA) is 89.6 Å². The van der Waals surface area contributed by atoms with Crippen LogP contribution in [0.1, 0.15) is 35.8 Å². The molecule has 1 fully saturated rings. The van der Waals surface area contributed by atoms with E-state index in [0.717, 1.165) is 26.0 Å². The maximum Gasteiger partial charge on any atom is 0.417 e. The molecule has 1 aromatic carbocycles. The molecule has 0 spiro atoms. The van der Waals surface area contributed by atoms with Gasteiger partial charge in [0.05, 0.1) is 0 Å². The van der Waals surface area contributed by atoms with Gasteiger partial charge < -0.3 is 20.1 Å². The number of carbonyl (C=O) groups excluding carboxylic acids is 2. The van der Waals surface area contributed by atoms with Gasteiger partial charge in [-0.3, -0.25) is 14.6 Å². The average molecular weight is 505 g/mol. The predicted octanol–water partition coefficient (Wildman–Crippen LogP) is 4.26. The second-order valence-electron chi connectivity index (χ2n) is 8.02. The lowest BCUT2D eigenvalue weighted by Crippen LogP contribution is -2.47. The molecule has 0 aliphatic carbocycles. The Morgan fingerprint density at radius 2 is 1.89 bits per heavy atom. The van der Waals surface area contributed by atoms with Gasteiger partial charge in [0.1, 0.15) is 23.4 Å². The molecule has 2 amide bonds. The zero-order valence-electron chi connectivity index (χ0n) is 18.6. The highest BCUT2D eigenvalue weighted by atomic mass is 19.4. The lowest BCUT2D eigenvalue weighted by molar-refractivity contribution is -0.272. The van der Waals surface area contributed by atoms with Gasteiger partial charge in [-0.05, 0) is 25.1 Å². The van der Waals surface area contributed by atoms with E-state index in [0.29, 0.717) is 6.07 Å². The second kappa shape index (κ2) is 9.72. The number of halogens is 6. The molecule has 0 bridgehead atoms. The SMILES string of the molecule is CNC(=O)c1cc(NC(=O)[C@H]2O[C@](C)(C(F)(F)F)[C@H](C)[C@H]2c2ccc(F)cc2OC(F)F)ccn1. The minimum Gasteiger partial charge on any atom is -0.434 e. The van der Waals surface area contributed by atoms with Crippen molar-refractivity contribution >= 4 is 17.5 Å². The minimum atomic E-state index is -4.94. The van der Waals surface area contributed by atoms with Crippen molar-refractivity contribution in [1.82, 2.24) is 10.3 Å². The largest absolute Gasteiger partial charge is 0.434 e. The summed E-state index contributed by atoms with van der Waals surface area (Å²) in [7, 11) is 1.35. The van der Waals surface area contributed by atoms with Crippen molar-refractivity contribution in [2.75, 3.05) is 12.4 Å². The van der Waals surface area contributed by atoms with Gasteiger partial charge in [0.25, 0.3) is 11.8 Å². The van der Waals surface area contributed by atoms with E-state index in [1.165, 1.54) is 25.4 Å². The molecule has 7 nitrogen and oxygen atoms in total. The maximum atomic E-state index is 14.0. The molecular formula is C22H21F6N3O4. The van der Waals surface area contributed by atoms with Gasteiger partial charge >= 0.3 is 12.8 Å². The number of carbonyl (C=O) groups is 2. The van der Waals surface area contributed by atoms with Crippen LogP contribution in [0.4, 0.5) is 32.0 Å². The first-order chi connectivity index (χ1) is 16.3. The van der Waals surface area contributed by atoms with E-state index >= 15 is 0 Å². The number of ether oxygens (including phenoxy) is 2. The number of pyridine rings is 1.